The summed E-state index contributed by atoms with van der Waals surface area (Å²) in [4.78, 5) is 6.06. The van der Waals surface area contributed by atoms with E-state index in [4.69, 9.17) is 5.11 Å². The Morgan fingerprint density at radius 1 is 1.28 bits per heavy atom. The van der Waals surface area contributed by atoms with E-state index in [1.54, 1.807) is 12.1 Å². The van der Waals surface area contributed by atoms with E-state index in [1.165, 1.54) is 6.07 Å². The maximum absolute atomic E-state index is 13.2. The fraction of sp³-hybridized carbons (Fsp3) is 0.500. The molecule has 25 heavy (non-hydrogen) atoms. The molecule has 0 saturated heterocycles. The van der Waals surface area contributed by atoms with Crippen molar-refractivity contribution in [2.75, 3.05) is 26.7 Å². The molecule has 1 aliphatic heterocycles. The van der Waals surface area contributed by atoms with E-state index in [2.05, 4.69) is 17.0 Å². The minimum atomic E-state index is -4.34. The van der Waals surface area contributed by atoms with E-state index >= 15 is 0 Å². The van der Waals surface area contributed by atoms with Crippen LogP contribution in [0, 0.1) is 0 Å². The molecule has 4 nitrogen and oxygen atoms in total. The predicted octanol–water partition coefficient (Wildman–Crippen LogP) is 3.43. The largest absolute Gasteiger partial charge is 0.416 e. The van der Waals surface area contributed by atoms with Crippen molar-refractivity contribution >= 4 is 6.72 Å². The van der Waals surface area contributed by atoms with Gasteiger partial charge in [0.25, 0.3) is 0 Å². The van der Waals surface area contributed by atoms with Crippen LogP contribution in [-0.4, -0.2) is 43.5 Å². The van der Waals surface area contributed by atoms with Gasteiger partial charge in [-0.15, -0.1) is 0 Å². The highest BCUT2D eigenvalue weighted by molar-refractivity contribution is 5.34. The molecular formula is C18H26F3N3O. The topological polar surface area (TPSA) is 47.9 Å². The van der Waals surface area contributed by atoms with Crippen LogP contribution in [0.4, 0.5) is 13.2 Å². The Morgan fingerprint density at radius 2 is 1.96 bits per heavy atom. The predicted molar refractivity (Wildman–Crippen MR) is 94.3 cm³/mol. The van der Waals surface area contributed by atoms with Crippen LogP contribution in [0.15, 0.2) is 40.7 Å². The zero-order valence-corrected chi connectivity index (χ0v) is 14.7. The summed E-state index contributed by atoms with van der Waals surface area (Å²) in [5.74, 6) is 0. The summed E-state index contributed by atoms with van der Waals surface area (Å²) in [6.45, 7) is 7.95. The molecule has 2 N–H and O–H groups in total. The molecule has 2 rings (SSSR count). The molecule has 1 aromatic carbocycles. The molecule has 0 radical (unpaired) electrons. The summed E-state index contributed by atoms with van der Waals surface area (Å²) in [6, 6.07) is 5.77. The van der Waals surface area contributed by atoms with Crippen molar-refractivity contribution in [1.82, 2.24) is 10.2 Å². The highest BCUT2D eigenvalue weighted by Crippen LogP contribution is 2.33. The van der Waals surface area contributed by atoms with Gasteiger partial charge in [-0.3, -0.25) is 4.99 Å². The number of alkyl halides is 3. The van der Waals surface area contributed by atoms with Gasteiger partial charge in [-0.25, -0.2) is 0 Å². The van der Waals surface area contributed by atoms with E-state index in [0.717, 1.165) is 44.0 Å². The summed E-state index contributed by atoms with van der Waals surface area (Å²) >= 11 is 0. The van der Waals surface area contributed by atoms with Crippen LogP contribution < -0.4 is 5.32 Å². The van der Waals surface area contributed by atoms with Crippen molar-refractivity contribution in [2.45, 2.75) is 32.5 Å². The number of hydrogen-bond acceptors (Lipinski definition) is 4. The molecule has 0 bridgehead atoms. The number of hydrogen-bond donors (Lipinski definition) is 2. The lowest BCUT2D eigenvalue weighted by Crippen LogP contribution is -2.33. The molecule has 1 aromatic rings. The number of halogens is 3. The summed E-state index contributed by atoms with van der Waals surface area (Å²) in [5, 5.41) is 10.2. The second kappa shape index (κ2) is 10.2. The summed E-state index contributed by atoms with van der Waals surface area (Å²) in [5.41, 5.74) is 1.55. The summed E-state index contributed by atoms with van der Waals surface area (Å²) < 4.78 is 39.6. The van der Waals surface area contributed by atoms with Gasteiger partial charge < -0.3 is 15.3 Å². The maximum Gasteiger partial charge on any atom is 0.416 e. The maximum atomic E-state index is 13.2. The molecule has 0 aromatic heterocycles. The molecule has 0 amide bonds. The molecule has 0 aliphatic carbocycles. The lowest BCUT2D eigenvalue weighted by atomic mass is 10.0. The van der Waals surface area contributed by atoms with E-state index in [1.807, 2.05) is 11.8 Å². The highest BCUT2D eigenvalue weighted by Gasteiger charge is 2.33. The smallest absolute Gasteiger partial charge is 0.400 e. The second-order valence-corrected chi connectivity index (χ2v) is 5.55. The fourth-order valence-electron chi connectivity index (χ4n) is 2.87. The fourth-order valence-corrected chi connectivity index (χ4v) is 2.87. The van der Waals surface area contributed by atoms with Gasteiger partial charge in [-0.1, -0.05) is 25.1 Å². The zero-order valence-electron chi connectivity index (χ0n) is 14.7. The highest BCUT2D eigenvalue weighted by atomic mass is 19.4. The summed E-state index contributed by atoms with van der Waals surface area (Å²) in [7, 11) is 1.00. The van der Waals surface area contributed by atoms with E-state index in [-0.39, 0.29) is 6.54 Å². The van der Waals surface area contributed by atoms with Gasteiger partial charge in [-0.05, 0) is 24.8 Å². The van der Waals surface area contributed by atoms with Crippen LogP contribution in [0.1, 0.15) is 30.9 Å². The van der Waals surface area contributed by atoms with E-state index in [9.17, 15) is 13.2 Å². The average molecular weight is 357 g/mol. The Labute approximate surface area is 147 Å². The minimum Gasteiger partial charge on any atom is -0.400 e. The molecular weight excluding hydrogens is 331 g/mol. The molecule has 0 unspecified atom stereocenters. The molecule has 7 heteroatoms. The SMILES string of the molecule is C=NC1=C(N(CCC)Cc2ccccc2C(F)(F)F)CCNC1.CO. The Kier molecular flexibility index (Phi) is 8.65. The molecule has 1 heterocycles. The van der Waals surface area contributed by atoms with Gasteiger partial charge >= 0.3 is 6.18 Å². The zero-order chi connectivity index (χ0) is 18.9. The Hall–Kier alpha value is -1.86. The number of aliphatic hydroxyl groups excluding tert-OH is 1. The lowest BCUT2D eigenvalue weighted by Gasteiger charge is -2.32. The van der Waals surface area contributed by atoms with E-state index < -0.39 is 11.7 Å². The number of aliphatic hydroxyl groups is 1. The normalized spacial score (nSPS) is 14.6. The van der Waals surface area contributed by atoms with Crippen LogP contribution in [0.25, 0.3) is 0 Å². The first-order valence-electron chi connectivity index (χ1n) is 8.21. The molecule has 0 fully saturated rings. The van der Waals surface area contributed by atoms with Gasteiger partial charge in [0.2, 0.25) is 0 Å². The monoisotopic (exact) mass is 357 g/mol. The number of rotatable bonds is 6. The first kappa shape index (κ1) is 21.2. The summed E-state index contributed by atoms with van der Waals surface area (Å²) in [6.07, 6.45) is -2.73. The third-order valence-electron chi connectivity index (χ3n) is 3.91. The van der Waals surface area contributed by atoms with Gasteiger partial charge in [0, 0.05) is 45.4 Å². The van der Waals surface area contributed by atoms with Crippen molar-refractivity contribution < 1.29 is 18.3 Å². The van der Waals surface area contributed by atoms with Crippen LogP contribution in [0.2, 0.25) is 0 Å². The third kappa shape index (κ3) is 5.86. The van der Waals surface area contributed by atoms with Gasteiger partial charge in [0.15, 0.2) is 0 Å². The van der Waals surface area contributed by atoms with Crippen molar-refractivity contribution in [2.24, 2.45) is 4.99 Å². The van der Waals surface area contributed by atoms with Crippen LogP contribution in [0.3, 0.4) is 0 Å². The van der Waals surface area contributed by atoms with Crippen molar-refractivity contribution in [1.29, 1.82) is 0 Å². The van der Waals surface area contributed by atoms with Gasteiger partial charge in [0.1, 0.15) is 0 Å². The van der Waals surface area contributed by atoms with Gasteiger partial charge in [0.05, 0.1) is 11.3 Å². The molecule has 0 atom stereocenters. The van der Waals surface area contributed by atoms with Crippen molar-refractivity contribution in [3.63, 3.8) is 0 Å². The number of nitrogens with zero attached hydrogens (tertiary/aromatic N) is 2. The third-order valence-corrected chi connectivity index (χ3v) is 3.91. The standard InChI is InChI=1S/C17H22F3N3.CH4O/c1-3-10-23(16-8-9-22-11-15(16)21-2)12-13-6-4-5-7-14(13)17(18,19)20;1-2/h4-7,22H,2-3,8-12H2,1H3;2H,1H3. The van der Waals surface area contributed by atoms with Crippen LogP contribution >= 0.6 is 0 Å². The number of benzene rings is 1. The number of aliphatic imine (C=N–C) groups is 1. The molecule has 0 spiro atoms. The second-order valence-electron chi connectivity index (χ2n) is 5.55. The minimum absolute atomic E-state index is 0.234. The van der Waals surface area contributed by atoms with Crippen molar-refractivity contribution in [3.05, 3.63) is 46.8 Å². The van der Waals surface area contributed by atoms with E-state index in [0.29, 0.717) is 18.7 Å². The lowest BCUT2D eigenvalue weighted by molar-refractivity contribution is -0.138. The van der Waals surface area contributed by atoms with Crippen LogP contribution in [0.5, 0.6) is 0 Å². The first-order valence-corrected chi connectivity index (χ1v) is 8.21. The Bertz CT molecular complexity index is 585. The molecule has 140 valence electrons. The first-order chi connectivity index (χ1) is 12.0. The van der Waals surface area contributed by atoms with Crippen LogP contribution in [-0.2, 0) is 12.7 Å². The van der Waals surface area contributed by atoms with Gasteiger partial charge in [-0.2, -0.15) is 13.2 Å². The Morgan fingerprint density at radius 3 is 2.56 bits per heavy atom. The number of nitrogens with one attached hydrogen (secondary N) is 1. The van der Waals surface area contributed by atoms with Crippen molar-refractivity contribution in [3.8, 4) is 0 Å². The average Bonchev–Trinajstić information content (AvgIpc) is 2.62. The Balaban J connectivity index is 0.00000151. The molecule has 0 saturated carbocycles. The quantitative estimate of drug-likeness (QED) is 0.767. The molecule has 1 aliphatic rings.